The fourth-order valence-corrected chi connectivity index (χ4v) is 2.65. The largest absolute Gasteiger partial charge is 0.481 e. The van der Waals surface area contributed by atoms with Crippen LogP contribution >= 0.6 is 0 Å². The molecule has 1 amide bonds. The Hall–Kier alpha value is -2.29. The van der Waals surface area contributed by atoms with E-state index < -0.39 is 6.10 Å². The molecule has 3 heteroatoms. The van der Waals surface area contributed by atoms with Gasteiger partial charge in [-0.2, -0.15) is 0 Å². The van der Waals surface area contributed by atoms with Crippen molar-refractivity contribution in [2.75, 3.05) is 5.32 Å². The third kappa shape index (κ3) is 4.38. The predicted octanol–water partition coefficient (Wildman–Crippen LogP) is 5.22. The van der Waals surface area contributed by atoms with Crippen LogP contribution in [0.5, 0.6) is 5.75 Å². The fourth-order valence-electron chi connectivity index (χ4n) is 2.65. The Morgan fingerprint density at radius 2 is 1.83 bits per heavy atom. The van der Waals surface area contributed by atoms with Crippen molar-refractivity contribution < 1.29 is 9.53 Å². The van der Waals surface area contributed by atoms with Crippen LogP contribution in [-0.4, -0.2) is 12.0 Å². The highest BCUT2D eigenvalue weighted by Gasteiger charge is 2.18. The average molecular weight is 325 g/mol. The SMILES string of the molecule is CCC(C)c1ccccc1OC(C)C(=O)Nc1ccc(C)cc1C. The monoisotopic (exact) mass is 325 g/mol. The molecule has 24 heavy (non-hydrogen) atoms. The van der Waals surface area contributed by atoms with Crippen molar-refractivity contribution in [2.24, 2.45) is 0 Å². The average Bonchev–Trinajstić information content (AvgIpc) is 2.57. The van der Waals surface area contributed by atoms with Crippen molar-refractivity contribution in [3.05, 3.63) is 59.2 Å². The molecule has 2 rings (SSSR count). The molecular weight excluding hydrogens is 298 g/mol. The molecule has 0 radical (unpaired) electrons. The third-order valence-corrected chi connectivity index (χ3v) is 4.38. The van der Waals surface area contributed by atoms with Gasteiger partial charge in [-0.05, 0) is 56.4 Å². The second-order valence-electron chi connectivity index (χ2n) is 6.41. The van der Waals surface area contributed by atoms with E-state index in [1.165, 1.54) is 5.56 Å². The molecule has 0 aliphatic heterocycles. The first-order valence-corrected chi connectivity index (χ1v) is 8.56. The van der Waals surface area contributed by atoms with E-state index in [2.05, 4.69) is 31.3 Å². The first-order valence-electron chi connectivity index (χ1n) is 8.56. The molecule has 0 heterocycles. The molecule has 2 atom stereocenters. The van der Waals surface area contributed by atoms with Crippen LogP contribution in [-0.2, 0) is 4.79 Å². The number of amides is 1. The number of nitrogens with one attached hydrogen (secondary N) is 1. The summed E-state index contributed by atoms with van der Waals surface area (Å²) < 4.78 is 5.95. The van der Waals surface area contributed by atoms with Crippen molar-refractivity contribution in [1.82, 2.24) is 0 Å². The Morgan fingerprint density at radius 1 is 1.12 bits per heavy atom. The topological polar surface area (TPSA) is 38.3 Å². The van der Waals surface area contributed by atoms with Gasteiger partial charge in [0.05, 0.1) is 0 Å². The van der Waals surface area contributed by atoms with Crippen molar-refractivity contribution in [3.63, 3.8) is 0 Å². The van der Waals surface area contributed by atoms with E-state index in [1.807, 2.05) is 44.2 Å². The fraction of sp³-hybridized carbons (Fsp3) is 0.381. The number of carbonyl (C=O) groups is 1. The highest BCUT2D eigenvalue weighted by atomic mass is 16.5. The van der Waals surface area contributed by atoms with Gasteiger partial charge in [-0.15, -0.1) is 0 Å². The maximum absolute atomic E-state index is 12.5. The van der Waals surface area contributed by atoms with Crippen LogP contribution < -0.4 is 10.1 Å². The Balaban J connectivity index is 2.09. The molecule has 0 aliphatic carbocycles. The van der Waals surface area contributed by atoms with E-state index >= 15 is 0 Å². The smallest absolute Gasteiger partial charge is 0.265 e. The number of rotatable bonds is 6. The molecule has 0 aliphatic rings. The summed E-state index contributed by atoms with van der Waals surface area (Å²) in [6, 6.07) is 13.9. The van der Waals surface area contributed by atoms with Crippen molar-refractivity contribution in [3.8, 4) is 5.75 Å². The number of aryl methyl sites for hydroxylation is 2. The summed E-state index contributed by atoms with van der Waals surface area (Å²) in [5.41, 5.74) is 4.20. The van der Waals surface area contributed by atoms with Crippen LogP contribution in [0.1, 0.15) is 49.8 Å². The highest BCUT2D eigenvalue weighted by Crippen LogP contribution is 2.29. The van der Waals surface area contributed by atoms with E-state index in [0.717, 1.165) is 29.0 Å². The van der Waals surface area contributed by atoms with Gasteiger partial charge in [-0.25, -0.2) is 0 Å². The van der Waals surface area contributed by atoms with Crippen molar-refractivity contribution in [2.45, 2.75) is 53.1 Å². The van der Waals surface area contributed by atoms with E-state index in [1.54, 1.807) is 6.92 Å². The molecule has 2 aromatic carbocycles. The third-order valence-electron chi connectivity index (χ3n) is 4.38. The van der Waals surface area contributed by atoms with Gasteiger partial charge in [0.2, 0.25) is 0 Å². The summed E-state index contributed by atoms with van der Waals surface area (Å²) in [4.78, 5) is 12.5. The molecule has 2 aromatic rings. The molecule has 1 N–H and O–H groups in total. The number of carbonyl (C=O) groups excluding carboxylic acids is 1. The van der Waals surface area contributed by atoms with Crippen molar-refractivity contribution >= 4 is 11.6 Å². The van der Waals surface area contributed by atoms with Crippen LogP contribution in [0, 0.1) is 13.8 Å². The lowest BCUT2D eigenvalue weighted by Crippen LogP contribution is -2.30. The number of para-hydroxylation sites is 1. The predicted molar refractivity (Wildman–Crippen MR) is 99.8 cm³/mol. The van der Waals surface area contributed by atoms with Gasteiger partial charge in [0.1, 0.15) is 5.75 Å². The summed E-state index contributed by atoms with van der Waals surface area (Å²) >= 11 is 0. The first-order chi connectivity index (χ1) is 11.4. The standard InChI is InChI=1S/C21H27NO2/c1-6-15(3)18-9-7-8-10-20(18)24-17(5)21(23)22-19-12-11-14(2)13-16(19)4/h7-13,15,17H,6H2,1-5H3,(H,22,23). The van der Waals surface area contributed by atoms with E-state index in [9.17, 15) is 4.79 Å². The second kappa shape index (κ2) is 8.00. The Bertz CT molecular complexity index is 709. The number of hydrogen-bond donors (Lipinski definition) is 1. The lowest BCUT2D eigenvalue weighted by molar-refractivity contribution is -0.122. The van der Waals surface area contributed by atoms with Gasteiger partial charge in [-0.1, -0.05) is 49.7 Å². The van der Waals surface area contributed by atoms with Gasteiger partial charge >= 0.3 is 0 Å². The molecule has 128 valence electrons. The second-order valence-corrected chi connectivity index (χ2v) is 6.41. The van der Waals surface area contributed by atoms with Gasteiger partial charge in [0.25, 0.3) is 5.91 Å². The molecule has 3 nitrogen and oxygen atoms in total. The summed E-state index contributed by atoms with van der Waals surface area (Å²) in [6.45, 7) is 10.1. The van der Waals surface area contributed by atoms with Crippen LogP contribution in [0.3, 0.4) is 0 Å². The van der Waals surface area contributed by atoms with E-state index in [4.69, 9.17) is 4.74 Å². The number of benzene rings is 2. The molecule has 0 saturated carbocycles. The summed E-state index contributed by atoms with van der Waals surface area (Å²) in [5.74, 6) is 1.05. The van der Waals surface area contributed by atoms with E-state index in [0.29, 0.717) is 5.92 Å². The summed E-state index contributed by atoms with van der Waals surface area (Å²) in [5, 5.41) is 2.96. The van der Waals surface area contributed by atoms with Gasteiger partial charge < -0.3 is 10.1 Å². The quantitative estimate of drug-likeness (QED) is 0.790. The van der Waals surface area contributed by atoms with Crippen LogP contribution in [0.25, 0.3) is 0 Å². The molecular formula is C21H27NO2. The van der Waals surface area contributed by atoms with Crippen LogP contribution in [0.2, 0.25) is 0 Å². The number of anilines is 1. The first kappa shape index (κ1) is 18.1. The zero-order chi connectivity index (χ0) is 17.7. The Labute approximate surface area is 145 Å². The van der Waals surface area contributed by atoms with Crippen molar-refractivity contribution in [1.29, 1.82) is 0 Å². The zero-order valence-electron chi connectivity index (χ0n) is 15.2. The van der Waals surface area contributed by atoms with Gasteiger partial charge in [0, 0.05) is 5.69 Å². The molecule has 2 unspecified atom stereocenters. The lowest BCUT2D eigenvalue weighted by Gasteiger charge is -2.20. The Morgan fingerprint density at radius 3 is 2.50 bits per heavy atom. The highest BCUT2D eigenvalue weighted by molar-refractivity contribution is 5.94. The molecule has 0 bridgehead atoms. The molecule has 0 saturated heterocycles. The van der Waals surface area contributed by atoms with Gasteiger partial charge in [-0.3, -0.25) is 4.79 Å². The zero-order valence-corrected chi connectivity index (χ0v) is 15.2. The Kier molecular flexibility index (Phi) is 6.02. The minimum Gasteiger partial charge on any atom is -0.481 e. The molecule has 0 aromatic heterocycles. The summed E-state index contributed by atoms with van der Waals surface area (Å²) in [7, 11) is 0. The van der Waals surface area contributed by atoms with E-state index in [-0.39, 0.29) is 5.91 Å². The van der Waals surface area contributed by atoms with Crippen LogP contribution in [0.4, 0.5) is 5.69 Å². The maximum Gasteiger partial charge on any atom is 0.265 e. The summed E-state index contributed by atoms with van der Waals surface area (Å²) in [6.07, 6.45) is 0.472. The molecule has 0 fully saturated rings. The van der Waals surface area contributed by atoms with Crippen LogP contribution in [0.15, 0.2) is 42.5 Å². The lowest BCUT2D eigenvalue weighted by atomic mass is 9.98. The maximum atomic E-state index is 12.5. The number of ether oxygens (including phenoxy) is 1. The minimum absolute atomic E-state index is 0.138. The normalized spacial score (nSPS) is 13.2. The molecule has 0 spiro atoms. The van der Waals surface area contributed by atoms with Gasteiger partial charge in [0.15, 0.2) is 6.10 Å². The number of hydrogen-bond acceptors (Lipinski definition) is 2. The minimum atomic E-state index is -0.559.